The molecule has 3 rings (SSSR count). The summed E-state index contributed by atoms with van der Waals surface area (Å²) in [6.45, 7) is 6.51. The quantitative estimate of drug-likeness (QED) is 0.350. The van der Waals surface area contributed by atoms with Crippen LogP contribution in [0, 0.1) is 0 Å². The van der Waals surface area contributed by atoms with Crippen LogP contribution in [0.25, 0.3) is 0 Å². The molecule has 0 aromatic heterocycles. The minimum Gasteiger partial charge on any atom is -0.474 e. The van der Waals surface area contributed by atoms with E-state index in [2.05, 4.69) is 17.9 Å². The van der Waals surface area contributed by atoms with Crippen molar-refractivity contribution in [2.45, 2.75) is 193 Å². The van der Waals surface area contributed by atoms with Crippen LogP contribution in [-0.4, -0.2) is 0 Å². The second-order valence-corrected chi connectivity index (χ2v) is 11.1. The first kappa shape index (κ1) is 34.3. The maximum Gasteiger partial charge on any atom is 0.0829 e. The lowest BCUT2D eigenvalue weighted by Crippen LogP contribution is -1.85. The van der Waals surface area contributed by atoms with E-state index in [9.17, 15) is 0 Å². The van der Waals surface area contributed by atoms with E-state index in [0.29, 0.717) is 0 Å². The zero-order valence-corrected chi connectivity index (χ0v) is 24.2. The molecule has 0 aromatic rings. The maximum absolute atomic E-state index is 4.36. The molecule has 0 spiro atoms. The third-order valence-corrected chi connectivity index (χ3v) is 7.69. The van der Waals surface area contributed by atoms with E-state index in [1.807, 2.05) is 0 Å². The van der Waals surface area contributed by atoms with Gasteiger partial charge >= 0.3 is 0 Å². The predicted molar refractivity (Wildman–Crippen MR) is 160 cm³/mol. The molecule has 3 aliphatic rings. The van der Waals surface area contributed by atoms with E-state index < -0.39 is 0 Å². The molecule has 1 heteroatoms. The second-order valence-electron chi connectivity index (χ2n) is 11.1. The van der Waals surface area contributed by atoms with Crippen molar-refractivity contribution in [1.29, 1.82) is 0 Å². The molecule has 0 saturated heterocycles. The Balaban J connectivity index is 0.000000453. The van der Waals surface area contributed by atoms with Crippen molar-refractivity contribution in [1.82, 2.24) is 0 Å². The Labute approximate surface area is 223 Å². The van der Waals surface area contributed by atoms with E-state index in [-0.39, 0.29) is 0 Å². The Bertz CT molecular complexity index is 235. The topological polar surface area (TPSA) is 9.23 Å². The molecular weight excluding hydrogens is 424 g/mol. The summed E-state index contributed by atoms with van der Waals surface area (Å²) in [6, 6.07) is 0. The Kier molecular flexibility index (Phi) is 32.6. The summed E-state index contributed by atoms with van der Waals surface area (Å²) >= 11 is 0. The first-order chi connectivity index (χ1) is 17.4. The molecule has 0 N–H and O–H groups in total. The molecule has 0 bridgehead atoms. The normalized spacial score (nSPS) is 21.4. The van der Waals surface area contributed by atoms with Gasteiger partial charge in [-0.15, -0.1) is 0 Å². The lowest BCUT2D eigenvalue weighted by Gasteiger charge is -2.05. The third-order valence-electron chi connectivity index (χ3n) is 7.69. The van der Waals surface area contributed by atoms with Gasteiger partial charge in [-0.25, -0.2) is 0 Å². The molecule has 3 aliphatic carbocycles. The highest BCUT2D eigenvalue weighted by atomic mass is 16.5. The first-order valence-corrected chi connectivity index (χ1v) is 16.3. The van der Waals surface area contributed by atoms with E-state index in [1.165, 1.54) is 205 Å². The van der Waals surface area contributed by atoms with Gasteiger partial charge in [0.05, 0.1) is 12.5 Å². The maximum atomic E-state index is 4.36. The second kappa shape index (κ2) is 33.3. The van der Waals surface area contributed by atoms with Crippen LogP contribution in [0.3, 0.4) is 0 Å². The van der Waals surface area contributed by atoms with Crippen molar-refractivity contribution in [3.63, 3.8) is 0 Å². The van der Waals surface area contributed by atoms with Crippen LogP contribution in [0.4, 0.5) is 0 Å². The summed E-state index contributed by atoms with van der Waals surface area (Å²) in [5.74, 6) is 0. The van der Waals surface area contributed by atoms with Crippen molar-refractivity contribution in [2.75, 3.05) is 0 Å². The first-order valence-electron chi connectivity index (χ1n) is 16.3. The lowest BCUT2D eigenvalue weighted by atomic mass is 10.0. The van der Waals surface area contributed by atoms with Crippen LogP contribution in [0.1, 0.15) is 193 Å². The molecule has 3 fully saturated rings. The van der Waals surface area contributed by atoms with Crippen LogP contribution in [0.5, 0.6) is 0 Å². The molecule has 35 heavy (non-hydrogen) atoms. The zero-order valence-electron chi connectivity index (χ0n) is 24.2. The molecule has 0 radical (unpaired) electrons. The Morgan fingerprint density at radius 2 is 0.314 bits per heavy atom. The molecule has 0 heterocycles. The summed E-state index contributed by atoms with van der Waals surface area (Å²) < 4.78 is 4.36. The van der Waals surface area contributed by atoms with Gasteiger partial charge < -0.3 is 4.74 Å². The molecule has 0 unspecified atom stereocenters. The van der Waals surface area contributed by atoms with E-state index in [1.54, 1.807) is 0 Å². The minimum absolute atomic E-state index is 1.31. The van der Waals surface area contributed by atoms with Gasteiger partial charge in [0, 0.05) is 0 Å². The summed E-state index contributed by atoms with van der Waals surface area (Å²) in [6.07, 6.45) is 47.6. The summed E-state index contributed by atoms with van der Waals surface area (Å²) in [5, 5.41) is 0. The van der Waals surface area contributed by atoms with Crippen LogP contribution in [0.2, 0.25) is 0 Å². The van der Waals surface area contributed by atoms with Crippen molar-refractivity contribution in [3.8, 4) is 0 Å². The molecule has 0 aromatic carbocycles. The van der Waals surface area contributed by atoms with Gasteiger partial charge in [-0.3, -0.25) is 0 Å². The van der Waals surface area contributed by atoms with Gasteiger partial charge in [0.25, 0.3) is 0 Å². The van der Waals surface area contributed by atoms with Crippen molar-refractivity contribution < 1.29 is 4.74 Å². The highest BCUT2D eigenvalue weighted by Crippen LogP contribution is 2.17. The number of hydrogen-bond acceptors (Lipinski definition) is 1. The largest absolute Gasteiger partial charge is 0.474 e. The van der Waals surface area contributed by atoms with Gasteiger partial charge in [0.2, 0.25) is 0 Å². The van der Waals surface area contributed by atoms with Crippen LogP contribution < -0.4 is 0 Å². The van der Waals surface area contributed by atoms with E-state index in [4.69, 9.17) is 0 Å². The van der Waals surface area contributed by atoms with Gasteiger partial charge in [-0.2, -0.15) is 0 Å². The van der Waals surface area contributed by atoms with Gasteiger partial charge in [0.1, 0.15) is 0 Å². The number of rotatable bonds is 2. The summed E-state index contributed by atoms with van der Waals surface area (Å²) in [5.41, 5.74) is 0. The number of ether oxygens (including phenoxy) is 1. The average Bonchev–Trinajstić information content (AvgIpc) is 2.91. The average molecular weight is 491 g/mol. The standard InChI is InChI=1S/3C10H20.C4H6O/c3*1-2-4-6-8-10-9-7-5-3-1;1-3-5-4-2/h3*1-10H2;3-4H,1-2H2. The highest BCUT2D eigenvalue weighted by molar-refractivity contribution is 4.57. The van der Waals surface area contributed by atoms with Crippen LogP contribution in [0.15, 0.2) is 25.7 Å². The van der Waals surface area contributed by atoms with Crippen molar-refractivity contribution in [2.24, 2.45) is 0 Å². The lowest BCUT2D eigenvalue weighted by molar-refractivity contribution is 0.406. The molecule has 1 nitrogen and oxygen atoms in total. The SMILES string of the molecule is C1CCCCCCCCC1.C1CCCCCCCCC1.C1CCCCCCCCC1.C=COC=C. The summed E-state index contributed by atoms with van der Waals surface area (Å²) in [7, 11) is 0. The van der Waals surface area contributed by atoms with Crippen molar-refractivity contribution in [3.05, 3.63) is 25.7 Å². The fourth-order valence-electron chi connectivity index (χ4n) is 5.37. The molecule has 0 atom stereocenters. The fourth-order valence-corrected chi connectivity index (χ4v) is 5.37. The van der Waals surface area contributed by atoms with Gasteiger partial charge in [-0.1, -0.05) is 206 Å². The van der Waals surface area contributed by atoms with Crippen LogP contribution in [-0.2, 0) is 4.74 Å². The molecule has 0 amide bonds. The third kappa shape index (κ3) is 33.3. The smallest absolute Gasteiger partial charge is 0.0829 e. The molecule has 208 valence electrons. The molecule has 0 aliphatic heterocycles. The number of hydrogen-bond donors (Lipinski definition) is 0. The summed E-state index contributed by atoms with van der Waals surface area (Å²) in [4.78, 5) is 0. The Morgan fingerprint density at radius 1 is 0.229 bits per heavy atom. The predicted octanol–water partition coefficient (Wildman–Crippen LogP) is 13.0. The Hall–Kier alpha value is -0.720. The Morgan fingerprint density at radius 3 is 0.343 bits per heavy atom. The van der Waals surface area contributed by atoms with Gasteiger partial charge in [-0.05, 0) is 0 Å². The zero-order chi connectivity index (χ0) is 25.3. The van der Waals surface area contributed by atoms with Crippen LogP contribution >= 0.6 is 0 Å². The monoisotopic (exact) mass is 491 g/mol. The van der Waals surface area contributed by atoms with Crippen molar-refractivity contribution >= 4 is 0 Å². The molecular formula is C34H66O. The minimum atomic E-state index is 1.31. The van der Waals surface area contributed by atoms with E-state index in [0.717, 1.165) is 0 Å². The van der Waals surface area contributed by atoms with E-state index >= 15 is 0 Å². The van der Waals surface area contributed by atoms with Gasteiger partial charge in [0.15, 0.2) is 0 Å². The molecule has 3 saturated carbocycles. The highest BCUT2D eigenvalue weighted by Gasteiger charge is 1.97. The fraction of sp³-hybridized carbons (Fsp3) is 0.882.